The highest BCUT2D eigenvalue weighted by atomic mass is 31.2. The van der Waals surface area contributed by atoms with E-state index < -0.39 is 20.0 Å². The minimum Gasteiger partial charge on any atom is -0.387 e. The summed E-state index contributed by atoms with van der Waals surface area (Å²) in [6.07, 6.45) is 59.4. The smallest absolute Gasteiger partial charge is 0.387 e. The second-order valence-electron chi connectivity index (χ2n) is 17.4. The molecule has 0 heterocycles. The first-order valence-corrected chi connectivity index (χ1v) is 26.0. The molecule has 352 valence electrons. The zero-order chi connectivity index (χ0) is 45.0. The van der Waals surface area contributed by atoms with Crippen LogP contribution in [0.2, 0.25) is 0 Å². The largest absolute Gasteiger partial charge is 0.472 e. The average molecular weight is 874 g/mol. The maximum absolute atomic E-state index is 12.9. The molecule has 0 aromatic heterocycles. The summed E-state index contributed by atoms with van der Waals surface area (Å²) in [7, 11) is 1.53. The van der Waals surface area contributed by atoms with Crippen molar-refractivity contribution in [2.75, 3.05) is 40.9 Å². The SMILES string of the molecule is CC/C=C\C/C=C\C/C=C\C/C=C\C/C=C\CCCCCCCCCC(=O)NC(COP(=O)(O)OCC[N+](C)(C)C)C(O)/C=C/CC/C=C/CCCCCCCCCCCC. The second kappa shape index (κ2) is 43.0. The normalized spacial score (nSPS) is 14.9. The molecule has 3 unspecified atom stereocenters. The number of likely N-dealkylation sites (N-methyl/N-ethyl adjacent to an activating group) is 1. The number of nitrogens with zero attached hydrogens (tertiary/aromatic N) is 1. The van der Waals surface area contributed by atoms with Gasteiger partial charge in [-0.1, -0.05) is 189 Å². The van der Waals surface area contributed by atoms with E-state index in [0.29, 0.717) is 17.4 Å². The number of rotatable bonds is 43. The molecule has 0 radical (unpaired) electrons. The summed E-state index contributed by atoms with van der Waals surface area (Å²) < 4.78 is 23.6. The summed E-state index contributed by atoms with van der Waals surface area (Å²) in [6.45, 7) is 4.65. The maximum Gasteiger partial charge on any atom is 0.472 e. The fraction of sp³-hybridized carbons (Fsp3) is 0.712. The number of nitrogens with one attached hydrogen (secondary N) is 1. The van der Waals surface area contributed by atoms with Gasteiger partial charge in [-0.05, 0) is 77.0 Å². The summed E-state index contributed by atoms with van der Waals surface area (Å²) >= 11 is 0. The lowest BCUT2D eigenvalue weighted by Gasteiger charge is -2.25. The Kier molecular flexibility index (Phi) is 41.3. The van der Waals surface area contributed by atoms with E-state index in [4.69, 9.17) is 9.05 Å². The predicted molar refractivity (Wildman–Crippen MR) is 263 cm³/mol. The molecule has 8 nitrogen and oxygen atoms in total. The number of phosphoric acid groups is 1. The fourth-order valence-corrected chi connectivity index (χ4v) is 7.23. The Morgan fingerprint density at radius 2 is 1.00 bits per heavy atom. The first-order valence-electron chi connectivity index (χ1n) is 24.5. The molecule has 61 heavy (non-hydrogen) atoms. The molecule has 0 fully saturated rings. The van der Waals surface area contributed by atoms with Crippen molar-refractivity contribution >= 4 is 13.7 Å². The number of amides is 1. The molecule has 0 aliphatic carbocycles. The number of carbonyl (C=O) groups is 1. The molecule has 0 spiro atoms. The van der Waals surface area contributed by atoms with Crippen LogP contribution in [0.15, 0.2) is 85.1 Å². The molecule has 0 rings (SSSR count). The van der Waals surface area contributed by atoms with Gasteiger partial charge in [0.15, 0.2) is 0 Å². The highest BCUT2D eigenvalue weighted by Crippen LogP contribution is 2.43. The van der Waals surface area contributed by atoms with E-state index >= 15 is 0 Å². The maximum atomic E-state index is 12.9. The van der Waals surface area contributed by atoms with E-state index in [9.17, 15) is 19.4 Å². The molecule has 0 saturated heterocycles. The van der Waals surface area contributed by atoms with Gasteiger partial charge in [0.25, 0.3) is 0 Å². The van der Waals surface area contributed by atoms with E-state index in [1.165, 1.54) is 83.5 Å². The lowest BCUT2D eigenvalue weighted by atomic mass is 10.1. The van der Waals surface area contributed by atoms with Crippen LogP contribution >= 0.6 is 7.82 Å². The summed E-state index contributed by atoms with van der Waals surface area (Å²) in [5, 5.41) is 13.8. The minimum absolute atomic E-state index is 0.0494. The topological polar surface area (TPSA) is 105 Å². The standard InChI is InChI=1S/C52H93N2O6P/c1-6-8-10-12-14-16-18-20-22-24-25-26-27-28-29-30-32-34-36-38-40-42-44-46-52(56)53-50(49-60-61(57,58)59-48-47-54(3,4)5)51(55)45-43-41-39-37-35-33-31-23-21-19-17-15-13-11-9-7-2/h8,10,14,16,20,22,25-26,28-29,35,37,43,45,50-51,55H,6-7,9,11-13,15,17-19,21,23-24,27,30-34,36,38-42,44,46-49H2,1-5H3,(H-,53,56,57,58)/p+1/b10-8-,16-14-,22-20-,26-25-,29-28-,37-35+,45-43+. The quantitative estimate of drug-likeness (QED) is 0.0244. The Morgan fingerprint density at radius 3 is 1.51 bits per heavy atom. The van der Waals surface area contributed by atoms with Crippen LogP contribution in [0.1, 0.15) is 187 Å². The van der Waals surface area contributed by atoms with Crippen molar-refractivity contribution in [2.45, 2.75) is 199 Å². The Balaban J connectivity index is 4.42. The van der Waals surface area contributed by atoms with Crippen molar-refractivity contribution in [3.05, 3.63) is 85.1 Å². The Morgan fingerprint density at radius 1 is 0.574 bits per heavy atom. The molecular formula is C52H94N2O6P+. The van der Waals surface area contributed by atoms with E-state index in [0.717, 1.165) is 83.5 Å². The molecule has 0 bridgehead atoms. The number of allylic oxidation sites excluding steroid dienone is 13. The molecule has 0 aromatic carbocycles. The molecule has 1 amide bonds. The Hall–Kier alpha value is -2.32. The number of quaternary nitrogens is 1. The molecule has 0 aliphatic heterocycles. The number of aliphatic hydroxyl groups excluding tert-OH is 1. The van der Waals surface area contributed by atoms with Crippen LogP contribution in [0, 0.1) is 0 Å². The van der Waals surface area contributed by atoms with Crippen LogP contribution < -0.4 is 5.32 Å². The van der Waals surface area contributed by atoms with Gasteiger partial charge < -0.3 is 19.8 Å². The first-order chi connectivity index (χ1) is 29.5. The zero-order valence-electron chi connectivity index (χ0n) is 39.9. The molecule has 0 saturated carbocycles. The predicted octanol–water partition coefficient (Wildman–Crippen LogP) is 14.1. The van der Waals surface area contributed by atoms with E-state index in [-0.39, 0.29) is 19.1 Å². The van der Waals surface area contributed by atoms with E-state index in [1.54, 1.807) is 6.08 Å². The van der Waals surface area contributed by atoms with Crippen molar-refractivity contribution in [1.82, 2.24) is 5.32 Å². The molecular weight excluding hydrogens is 780 g/mol. The highest BCUT2D eigenvalue weighted by molar-refractivity contribution is 7.47. The monoisotopic (exact) mass is 874 g/mol. The average Bonchev–Trinajstić information content (AvgIpc) is 3.21. The van der Waals surface area contributed by atoms with Gasteiger partial charge in [0.05, 0.1) is 39.9 Å². The van der Waals surface area contributed by atoms with Crippen LogP contribution in [0.3, 0.4) is 0 Å². The van der Waals surface area contributed by atoms with Crippen LogP contribution in [0.25, 0.3) is 0 Å². The second-order valence-corrected chi connectivity index (χ2v) is 18.9. The number of aliphatic hydroxyl groups is 1. The third-order valence-corrected chi connectivity index (χ3v) is 11.3. The lowest BCUT2D eigenvalue weighted by Crippen LogP contribution is -2.45. The third kappa shape index (κ3) is 45.5. The Bertz CT molecular complexity index is 1260. The van der Waals surface area contributed by atoms with Crippen molar-refractivity contribution in [3.8, 4) is 0 Å². The molecule has 3 atom stereocenters. The summed E-state index contributed by atoms with van der Waals surface area (Å²) in [6, 6.07) is -0.874. The lowest BCUT2D eigenvalue weighted by molar-refractivity contribution is -0.870. The number of hydrogen-bond donors (Lipinski definition) is 3. The van der Waals surface area contributed by atoms with Crippen molar-refractivity contribution in [2.24, 2.45) is 0 Å². The number of carbonyl (C=O) groups excluding carboxylic acids is 1. The van der Waals surface area contributed by atoms with Crippen LogP contribution in [0.5, 0.6) is 0 Å². The van der Waals surface area contributed by atoms with E-state index in [1.807, 2.05) is 27.2 Å². The van der Waals surface area contributed by atoms with Gasteiger partial charge in [0, 0.05) is 6.42 Å². The van der Waals surface area contributed by atoms with Gasteiger partial charge in [-0.25, -0.2) is 4.57 Å². The first kappa shape index (κ1) is 58.7. The van der Waals surface area contributed by atoms with Crippen molar-refractivity contribution in [1.29, 1.82) is 0 Å². The number of phosphoric ester groups is 1. The number of unbranched alkanes of at least 4 members (excludes halogenated alkanes) is 18. The van der Waals surface area contributed by atoms with Gasteiger partial charge in [-0.2, -0.15) is 0 Å². The molecule has 3 N–H and O–H groups in total. The van der Waals surface area contributed by atoms with Gasteiger partial charge in [-0.15, -0.1) is 0 Å². The van der Waals surface area contributed by atoms with Crippen molar-refractivity contribution < 1.29 is 32.9 Å². The minimum atomic E-state index is -4.36. The van der Waals surface area contributed by atoms with Gasteiger partial charge in [-0.3, -0.25) is 13.8 Å². The van der Waals surface area contributed by atoms with Crippen LogP contribution in [-0.2, 0) is 18.4 Å². The fourth-order valence-electron chi connectivity index (χ4n) is 6.49. The van der Waals surface area contributed by atoms with Crippen molar-refractivity contribution in [3.63, 3.8) is 0 Å². The summed E-state index contributed by atoms with van der Waals surface area (Å²) in [5.74, 6) is -0.202. The third-order valence-electron chi connectivity index (χ3n) is 10.3. The van der Waals surface area contributed by atoms with Gasteiger partial charge in [0.1, 0.15) is 13.2 Å². The van der Waals surface area contributed by atoms with E-state index in [2.05, 4.69) is 92.1 Å². The van der Waals surface area contributed by atoms with Crippen LogP contribution in [0.4, 0.5) is 0 Å². The summed E-state index contributed by atoms with van der Waals surface area (Å²) in [4.78, 5) is 23.2. The summed E-state index contributed by atoms with van der Waals surface area (Å²) in [5.41, 5.74) is 0. The molecule has 0 aromatic rings. The van der Waals surface area contributed by atoms with Gasteiger partial charge in [0.2, 0.25) is 5.91 Å². The Labute approximate surface area is 376 Å². The van der Waals surface area contributed by atoms with Gasteiger partial charge >= 0.3 is 7.82 Å². The molecule has 0 aliphatic rings. The zero-order valence-corrected chi connectivity index (χ0v) is 40.8. The molecule has 9 heteroatoms. The highest BCUT2D eigenvalue weighted by Gasteiger charge is 2.27. The number of hydrogen-bond acceptors (Lipinski definition) is 5. The van der Waals surface area contributed by atoms with Crippen LogP contribution in [-0.4, -0.2) is 73.4 Å².